The van der Waals surface area contributed by atoms with Gasteiger partial charge in [0, 0.05) is 5.25 Å². The first kappa shape index (κ1) is 11.9. The highest BCUT2D eigenvalue weighted by Crippen LogP contribution is 2.56. The van der Waals surface area contributed by atoms with Gasteiger partial charge in [0.2, 0.25) is 0 Å². The summed E-state index contributed by atoms with van der Waals surface area (Å²) in [7, 11) is 0. The van der Waals surface area contributed by atoms with Crippen molar-refractivity contribution in [2.24, 2.45) is 5.41 Å². The van der Waals surface area contributed by atoms with Crippen molar-refractivity contribution >= 4 is 17.7 Å². The van der Waals surface area contributed by atoms with Gasteiger partial charge in [0.25, 0.3) is 0 Å². The fourth-order valence-corrected chi connectivity index (χ4v) is 4.23. The minimum Gasteiger partial charge on any atom is -0.480 e. The van der Waals surface area contributed by atoms with Gasteiger partial charge in [-0.05, 0) is 24.7 Å². The van der Waals surface area contributed by atoms with Crippen LogP contribution in [0.3, 0.4) is 0 Å². The predicted molar refractivity (Wildman–Crippen MR) is 60.7 cm³/mol. The zero-order valence-electron chi connectivity index (χ0n) is 9.46. The highest BCUT2D eigenvalue weighted by molar-refractivity contribution is 8.02. The van der Waals surface area contributed by atoms with Crippen molar-refractivity contribution in [2.75, 3.05) is 0 Å². The number of aliphatic carboxylic acids is 1. The summed E-state index contributed by atoms with van der Waals surface area (Å²) in [6.45, 7) is 8.51. The molecule has 14 heavy (non-hydrogen) atoms. The van der Waals surface area contributed by atoms with E-state index in [-0.39, 0.29) is 5.41 Å². The lowest BCUT2D eigenvalue weighted by Gasteiger charge is -2.50. The van der Waals surface area contributed by atoms with Crippen LogP contribution in [0.15, 0.2) is 0 Å². The molecular formula is C11H20O2S. The summed E-state index contributed by atoms with van der Waals surface area (Å²) >= 11 is 1.64. The van der Waals surface area contributed by atoms with E-state index in [0.717, 1.165) is 19.3 Å². The minimum atomic E-state index is -0.623. The van der Waals surface area contributed by atoms with Crippen molar-refractivity contribution < 1.29 is 9.90 Å². The molecule has 0 aromatic rings. The van der Waals surface area contributed by atoms with E-state index in [4.69, 9.17) is 0 Å². The van der Waals surface area contributed by atoms with E-state index in [0.29, 0.717) is 5.25 Å². The predicted octanol–water partition coefficient (Wildman–Crippen LogP) is 3.16. The van der Waals surface area contributed by atoms with E-state index in [2.05, 4.69) is 27.7 Å². The second kappa shape index (κ2) is 3.76. The first-order valence-electron chi connectivity index (χ1n) is 5.22. The molecule has 1 fully saturated rings. The summed E-state index contributed by atoms with van der Waals surface area (Å²) in [5.41, 5.74) is 0.221. The van der Waals surface area contributed by atoms with Crippen molar-refractivity contribution in [1.29, 1.82) is 0 Å². The summed E-state index contributed by atoms with van der Waals surface area (Å²) in [6, 6.07) is 0. The summed E-state index contributed by atoms with van der Waals surface area (Å²) in [4.78, 5) is 11.2. The molecule has 1 rings (SSSR count). The van der Waals surface area contributed by atoms with Crippen LogP contribution in [0, 0.1) is 5.41 Å². The SMILES string of the molecule is CCC(C)SC1(C(=O)O)CC(C)(C)C1. The molecule has 1 unspecified atom stereocenters. The van der Waals surface area contributed by atoms with Crippen LogP contribution in [0.1, 0.15) is 47.0 Å². The van der Waals surface area contributed by atoms with Gasteiger partial charge in [-0.3, -0.25) is 4.79 Å². The van der Waals surface area contributed by atoms with Crippen molar-refractivity contribution in [1.82, 2.24) is 0 Å². The molecule has 1 aliphatic rings. The molecule has 0 aromatic carbocycles. The third-order valence-corrected chi connectivity index (χ3v) is 4.57. The Morgan fingerprint density at radius 2 is 2.00 bits per heavy atom. The van der Waals surface area contributed by atoms with Crippen LogP contribution in [0.25, 0.3) is 0 Å². The molecule has 82 valence electrons. The summed E-state index contributed by atoms with van der Waals surface area (Å²) in [5.74, 6) is -0.623. The Bertz CT molecular complexity index is 227. The van der Waals surface area contributed by atoms with Crippen LogP contribution in [0.4, 0.5) is 0 Å². The quantitative estimate of drug-likeness (QED) is 0.784. The summed E-state index contributed by atoms with van der Waals surface area (Å²) < 4.78 is -0.487. The Morgan fingerprint density at radius 3 is 2.29 bits per heavy atom. The lowest BCUT2D eigenvalue weighted by atomic mass is 9.64. The van der Waals surface area contributed by atoms with Crippen molar-refractivity contribution in [3.8, 4) is 0 Å². The van der Waals surface area contributed by atoms with Gasteiger partial charge in [-0.15, -0.1) is 11.8 Å². The third kappa shape index (κ3) is 2.25. The minimum absolute atomic E-state index is 0.221. The molecule has 0 aliphatic heterocycles. The van der Waals surface area contributed by atoms with E-state index in [9.17, 15) is 9.90 Å². The number of rotatable bonds is 4. The Labute approximate surface area is 90.5 Å². The molecule has 0 aromatic heterocycles. The van der Waals surface area contributed by atoms with Gasteiger partial charge in [-0.1, -0.05) is 27.7 Å². The van der Waals surface area contributed by atoms with Gasteiger partial charge in [0.05, 0.1) is 0 Å². The van der Waals surface area contributed by atoms with Gasteiger partial charge in [0.1, 0.15) is 4.75 Å². The van der Waals surface area contributed by atoms with E-state index >= 15 is 0 Å². The zero-order valence-corrected chi connectivity index (χ0v) is 10.3. The lowest BCUT2D eigenvalue weighted by Crippen LogP contribution is -2.52. The maximum atomic E-state index is 11.2. The first-order valence-corrected chi connectivity index (χ1v) is 6.10. The average Bonchev–Trinajstić information content (AvgIpc) is 2.00. The summed E-state index contributed by atoms with van der Waals surface area (Å²) in [5, 5.41) is 9.69. The topological polar surface area (TPSA) is 37.3 Å². The molecule has 2 nitrogen and oxygen atoms in total. The average molecular weight is 216 g/mol. The number of hydrogen-bond donors (Lipinski definition) is 1. The van der Waals surface area contributed by atoms with Gasteiger partial charge < -0.3 is 5.11 Å². The van der Waals surface area contributed by atoms with Crippen molar-refractivity contribution in [2.45, 2.75) is 57.0 Å². The molecule has 0 saturated heterocycles. The second-order valence-electron chi connectivity index (χ2n) is 5.15. The van der Waals surface area contributed by atoms with Gasteiger partial charge in [-0.2, -0.15) is 0 Å². The molecule has 1 N–H and O–H groups in total. The fraction of sp³-hybridized carbons (Fsp3) is 0.909. The fourth-order valence-electron chi connectivity index (χ4n) is 2.25. The monoisotopic (exact) mass is 216 g/mol. The normalized spacial score (nSPS) is 25.1. The molecule has 0 radical (unpaired) electrons. The van der Waals surface area contributed by atoms with E-state index in [1.54, 1.807) is 11.8 Å². The molecule has 1 atom stereocenters. The first-order chi connectivity index (χ1) is 6.31. The molecule has 0 spiro atoms. The number of hydrogen-bond acceptors (Lipinski definition) is 2. The van der Waals surface area contributed by atoms with Crippen LogP contribution >= 0.6 is 11.8 Å². The third-order valence-electron chi connectivity index (χ3n) is 2.92. The lowest BCUT2D eigenvalue weighted by molar-refractivity contribution is -0.145. The van der Waals surface area contributed by atoms with Crippen LogP contribution in [-0.2, 0) is 4.79 Å². The van der Waals surface area contributed by atoms with Crippen LogP contribution < -0.4 is 0 Å². The Balaban J connectivity index is 2.63. The second-order valence-corrected chi connectivity index (χ2v) is 6.98. The molecule has 0 bridgehead atoms. The van der Waals surface area contributed by atoms with Crippen LogP contribution in [0.2, 0.25) is 0 Å². The number of thioether (sulfide) groups is 1. The van der Waals surface area contributed by atoms with Crippen LogP contribution in [0.5, 0.6) is 0 Å². The molecule has 0 amide bonds. The van der Waals surface area contributed by atoms with E-state index < -0.39 is 10.7 Å². The van der Waals surface area contributed by atoms with E-state index in [1.807, 2.05) is 0 Å². The van der Waals surface area contributed by atoms with Gasteiger partial charge >= 0.3 is 5.97 Å². The molecule has 1 aliphatic carbocycles. The highest BCUT2D eigenvalue weighted by atomic mass is 32.2. The number of carbonyl (C=O) groups is 1. The molecule has 3 heteroatoms. The molecular weight excluding hydrogens is 196 g/mol. The standard InChI is InChI=1S/C11H20O2S/c1-5-8(2)14-11(9(12)13)6-10(3,4)7-11/h8H,5-7H2,1-4H3,(H,12,13). The van der Waals surface area contributed by atoms with Gasteiger partial charge in [0.15, 0.2) is 0 Å². The Kier molecular flexibility index (Phi) is 3.20. The Morgan fingerprint density at radius 1 is 1.50 bits per heavy atom. The maximum absolute atomic E-state index is 11.2. The maximum Gasteiger partial charge on any atom is 0.319 e. The van der Waals surface area contributed by atoms with Crippen molar-refractivity contribution in [3.05, 3.63) is 0 Å². The molecule has 1 saturated carbocycles. The summed E-state index contributed by atoms with van der Waals surface area (Å²) in [6.07, 6.45) is 2.66. The smallest absolute Gasteiger partial charge is 0.319 e. The Hall–Kier alpha value is -0.180. The van der Waals surface area contributed by atoms with E-state index in [1.165, 1.54) is 0 Å². The molecule has 0 heterocycles. The number of carboxylic acid groups (broad SMARTS) is 1. The van der Waals surface area contributed by atoms with Gasteiger partial charge in [-0.25, -0.2) is 0 Å². The van der Waals surface area contributed by atoms with Crippen molar-refractivity contribution in [3.63, 3.8) is 0 Å². The zero-order chi connectivity index (χ0) is 11.0. The number of carboxylic acids is 1. The van der Waals surface area contributed by atoms with Crippen LogP contribution in [-0.4, -0.2) is 21.1 Å². The highest BCUT2D eigenvalue weighted by Gasteiger charge is 2.55. The largest absolute Gasteiger partial charge is 0.480 e.